The Balaban J connectivity index is 2.17. The lowest BCUT2D eigenvalue weighted by Crippen LogP contribution is -2.29. The highest BCUT2D eigenvalue weighted by Crippen LogP contribution is 2.28. The number of aromatic nitrogens is 2. The molecule has 7 nitrogen and oxygen atoms in total. The lowest BCUT2D eigenvalue weighted by molar-refractivity contribution is -0.808. The van der Waals surface area contributed by atoms with Crippen LogP contribution >= 0.6 is 0 Å². The van der Waals surface area contributed by atoms with Gasteiger partial charge in [0.25, 0.3) is 0 Å². The first-order valence-electron chi connectivity index (χ1n) is 5.47. The zero-order valence-electron chi connectivity index (χ0n) is 10.5. The molecule has 0 fully saturated rings. The summed E-state index contributed by atoms with van der Waals surface area (Å²) in [6.07, 6.45) is 0.710. The third-order valence-electron chi connectivity index (χ3n) is 2.58. The quantitative estimate of drug-likeness (QED) is 0.591. The number of rotatable bonds is 5. The predicted octanol–water partition coefficient (Wildman–Crippen LogP) is 1.02. The van der Waals surface area contributed by atoms with Crippen LogP contribution in [0.2, 0.25) is 0 Å². The van der Waals surface area contributed by atoms with Crippen molar-refractivity contribution < 1.29 is 23.8 Å². The fourth-order valence-corrected chi connectivity index (χ4v) is 1.51. The van der Waals surface area contributed by atoms with Gasteiger partial charge in [0.2, 0.25) is 11.4 Å². The first-order chi connectivity index (χ1) is 9.15. The third-order valence-corrected chi connectivity index (χ3v) is 2.58. The molecule has 0 aliphatic heterocycles. The summed E-state index contributed by atoms with van der Waals surface area (Å²) >= 11 is 0. The van der Waals surface area contributed by atoms with Crippen molar-refractivity contribution >= 4 is 6.29 Å². The average Bonchev–Trinajstić information content (AvgIpc) is 2.75. The van der Waals surface area contributed by atoms with Crippen LogP contribution in [0.4, 0.5) is 0 Å². The molecule has 0 amide bonds. The number of carbonyl (C=O) groups excluding carboxylic acids is 1. The van der Waals surface area contributed by atoms with Crippen LogP contribution in [0, 0.1) is 12.1 Å². The van der Waals surface area contributed by atoms with E-state index in [1.807, 2.05) is 0 Å². The number of aryl methyl sites for hydroxylation is 1. The Morgan fingerprint density at radius 1 is 1.47 bits per heavy atom. The van der Waals surface area contributed by atoms with E-state index in [2.05, 4.69) is 9.79 Å². The number of ether oxygens (including phenoxy) is 2. The molecule has 0 saturated heterocycles. The lowest BCUT2D eigenvalue weighted by Gasteiger charge is -2.09. The van der Waals surface area contributed by atoms with Gasteiger partial charge in [-0.1, -0.05) is 0 Å². The number of carbonyl (C=O) groups is 1. The Labute approximate surface area is 108 Å². The maximum atomic E-state index is 11.2. The maximum Gasteiger partial charge on any atom is 0.235 e. The van der Waals surface area contributed by atoms with Crippen molar-refractivity contribution in [3.8, 4) is 11.5 Å². The van der Waals surface area contributed by atoms with Gasteiger partial charge in [0.05, 0.1) is 7.11 Å². The zero-order valence-corrected chi connectivity index (χ0v) is 10.5. The minimum absolute atomic E-state index is 0.00434. The Morgan fingerprint density at radius 2 is 2.26 bits per heavy atom. The largest absolute Gasteiger partial charge is 0.493 e. The van der Waals surface area contributed by atoms with E-state index < -0.39 is 0 Å². The van der Waals surface area contributed by atoms with Crippen molar-refractivity contribution in [2.45, 2.75) is 13.5 Å². The van der Waals surface area contributed by atoms with E-state index in [1.54, 1.807) is 25.1 Å². The molecule has 2 aromatic rings. The second kappa shape index (κ2) is 5.38. The van der Waals surface area contributed by atoms with Crippen LogP contribution in [0.25, 0.3) is 0 Å². The van der Waals surface area contributed by atoms with E-state index in [1.165, 1.54) is 7.11 Å². The van der Waals surface area contributed by atoms with Gasteiger partial charge in [0.15, 0.2) is 18.1 Å². The van der Waals surface area contributed by atoms with Crippen LogP contribution < -0.4 is 14.4 Å². The number of methoxy groups -OCH3 is 1. The normalized spacial score (nSPS) is 10.2. The van der Waals surface area contributed by atoms with Gasteiger partial charge >= 0.3 is 0 Å². The molecule has 0 atom stereocenters. The molecule has 0 radical (unpaired) electrons. The molecule has 1 aromatic heterocycles. The summed E-state index contributed by atoms with van der Waals surface area (Å²) in [5, 5.41) is 14.8. The van der Waals surface area contributed by atoms with Gasteiger partial charge in [-0.15, -0.1) is 0 Å². The fourth-order valence-electron chi connectivity index (χ4n) is 1.51. The van der Waals surface area contributed by atoms with Crippen LogP contribution in [0.15, 0.2) is 22.8 Å². The molecule has 1 heterocycles. The monoisotopic (exact) mass is 264 g/mol. The van der Waals surface area contributed by atoms with E-state index in [4.69, 9.17) is 9.47 Å². The average molecular weight is 264 g/mol. The summed E-state index contributed by atoms with van der Waals surface area (Å²) in [5.41, 5.74) is 1.21. The second-order valence-electron chi connectivity index (χ2n) is 3.78. The smallest absolute Gasteiger partial charge is 0.235 e. The zero-order chi connectivity index (χ0) is 13.8. The first-order valence-corrected chi connectivity index (χ1v) is 5.47. The number of benzene rings is 1. The Morgan fingerprint density at radius 3 is 2.84 bits per heavy atom. The molecular formula is C12H12N2O5. The van der Waals surface area contributed by atoms with Gasteiger partial charge in [0, 0.05) is 17.6 Å². The molecular weight excluding hydrogens is 252 g/mol. The van der Waals surface area contributed by atoms with E-state index in [0.717, 1.165) is 0 Å². The van der Waals surface area contributed by atoms with Crippen molar-refractivity contribution in [1.29, 1.82) is 0 Å². The molecule has 0 spiro atoms. The summed E-state index contributed by atoms with van der Waals surface area (Å²) in [7, 11) is 1.47. The van der Waals surface area contributed by atoms with Crippen LogP contribution in [0.3, 0.4) is 0 Å². The molecule has 2 rings (SSSR count). The second-order valence-corrected chi connectivity index (χ2v) is 3.78. The van der Waals surface area contributed by atoms with Crippen molar-refractivity contribution in [2.75, 3.05) is 7.11 Å². The van der Waals surface area contributed by atoms with Crippen LogP contribution in [-0.4, -0.2) is 18.6 Å². The topological polar surface area (TPSA) is 88.5 Å². The molecule has 100 valence electrons. The fraction of sp³-hybridized carbons (Fsp3) is 0.250. The highest BCUT2D eigenvalue weighted by Gasteiger charge is 2.16. The van der Waals surface area contributed by atoms with Crippen LogP contribution in [0.5, 0.6) is 11.5 Å². The van der Waals surface area contributed by atoms with E-state index in [0.29, 0.717) is 33.9 Å². The minimum atomic E-state index is -0.00434. The summed E-state index contributed by atoms with van der Waals surface area (Å²) < 4.78 is 15.0. The summed E-state index contributed by atoms with van der Waals surface area (Å²) in [6.45, 7) is 1.64. The SMILES string of the molecule is COc1cc(C=O)ccc1OCc1c(C)no[n+]1[O-]. The molecule has 1 aromatic carbocycles. The predicted molar refractivity (Wildman–Crippen MR) is 62.9 cm³/mol. The standard InChI is InChI=1S/C12H12N2O5/c1-8-10(14(16)19-13-8)7-18-11-4-3-9(6-15)5-12(11)17-2/h3-6H,7H2,1-2H3. The maximum absolute atomic E-state index is 11.2. The summed E-state index contributed by atoms with van der Waals surface area (Å²) in [5.74, 6) is 0.838. The Kier molecular flexibility index (Phi) is 3.65. The summed E-state index contributed by atoms with van der Waals surface area (Å²) in [4.78, 5) is 11.0. The number of nitrogens with zero attached hydrogens (tertiary/aromatic N) is 2. The molecule has 0 aliphatic carbocycles. The van der Waals surface area contributed by atoms with E-state index in [-0.39, 0.29) is 12.3 Å². The molecule has 0 bridgehead atoms. The molecule has 7 heteroatoms. The number of hydrogen-bond acceptors (Lipinski definition) is 6. The minimum Gasteiger partial charge on any atom is -0.493 e. The van der Waals surface area contributed by atoms with Gasteiger partial charge in [-0.2, -0.15) is 0 Å². The van der Waals surface area contributed by atoms with Gasteiger partial charge in [-0.3, -0.25) is 9.42 Å². The van der Waals surface area contributed by atoms with Gasteiger partial charge in [-0.25, -0.2) is 0 Å². The molecule has 0 aliphatic rings. The van der Waals surface area contributed by atoms with Gasteiger partial charge in [-0.05, 0) is 23.1 Å². The van der Waals surface area contributed by atoms with Crippen LogP contribution in [-0.2, 0) is 6.61 Å². The number of aldehydes is 1. The summed E-state index contributed by atoms with van der Waals surface area (Å²) in [6, 6.07) is 4.74. The van der Waals surface area contributed by atoms with Gasteiger partial charge in [0.1, 0.15) is 6.29 Å². The van der Waals surface area contributed by atoms with Gasteiger partial charge < -0.3 is 14.7 Å². The lowest BCUT2D eigenvalue weighted by atomic mass is 10.2. The molecule has 0 N–H and O–H groups in total. The van der Waals surface area contributed by atoms with Crippen molar-refractivity contribution in [1.82, 2.24) is 5.16 Å². The molecule has 0 saturated carbocycles. The van der Waals surface area contributed by atoms with Crippen molar-refractivity contribution in [3.05, 3.63) is 40.4 Å². The number of hydrogen-bond donors (Lipinski definition) is 0. The highest BCUT2D eigenvalue weighted by molar-refractivity contribution is 5.76. The van der Waals surface area contributed by atoms with Crippen molar-refractivity contribution in [3.63, 3.8) is 0 Å². The third kappa shape index (κ3) is 2.65. The first kappa shape index (κ1) is 12.9. The van der Waals surface area contributed by atoms with E-state index >= 15 is 0 Å². The molecule has 0 unspecified atom stereocenters. The van der Waals surface area contributed by atoms with Crippen LogP contribution in [0.1, 0.15) is 21.7 Å². The van der Waals surface area contributed by atoms with Crippen molar-refractivity contribution in [2.24, 2.45) is 0 Å². The Bertz CT molecular complexity index is 574. The highest BCUT2D eigenvalue weighted by atomic mass is 16.8. The molecule has 19 heavy (non-hydrogen) atoms. The Hall–Kier alpha value is -2.57. The van der Waals surface area contributed by atoms with E-state index in [9.17, 15) is 10.0 Å².